The van der Waals surface area contributed by atoms with Crippen LogP contribution >= 0.6 is 0 Å². The second kappa shape index (κ2) is 7.53. The summed E-state index contributed by atoms with van der Waals surface area (Å²) in [6.45, 7) is 3.23. The van der Waals surface area contributed by atoms with E-state index in [2.05, 4.69) is 15.4 Å². The molecule has 1 amide bonds. The lowest BCUT2D eigenvalue weighted by Gasteiger charge is -2.07. The van der Waals surface area contributed by atoms with Crippen LogP contribution in [0.4, 0.5) is 8.78 Å². The van der Waals surface area contributed by atoms with Crippen LogP contribution in [-0.2, 0) is 19.4 Å². The van der Waals surface area contributed by atoms with Gasteiger partial charge >= 0.3 is 0 Å². The molecular formula is C20H21F2N5O. The van der Waals surface area contributed by atoms with E-state index < -0.39 is 11.6 Å². The highest BCUT2D eigenvalue weighted by atomic mass is 19.2. The van der Waals surface area contributed by atoms with Crippen molar-refractivity contribution in [2.24, 2.45) is 0 Å². The Morgan fingerprint density at radius 2 is 2.11 bits per heavy atom. The summed E-state index contributed by atoms with van der Waals surface area (Å²) in [5, 5.41) is 7.33. The first-order valence-electron chi connectivity index (χ1n) is 9.36. The van der Waals surface area contributed by atoms with Gasteiger partial charge in [0, 0.05) is 42.8 Å². The van der Waals surface area contributed by atoms with Gasteiger partial charge in [-0.2, -0.15) is 5.10 Å². The van der Waals surface area contributed by atoms with Crippen LogP contribution < -0.4 is 5.32 Å². The van der Waals surface area contributed by atoms with Crippen LogP contribution in [0.1, 0.15) is 40.4 Å². The van der Waals surface area contributed by atoms with Crippen molar-refractivity contribution < 1.29 is 13.6 Å². The third kappa shape index (κ3) is 3.42. The molecule has 0 fully saturated rings. The summed E-state index contributed by atoms with van der Waals surface area (Å²) in [5.74, 6) is -1.13. The Morgan fingerprint density at radius 3 is 2.86 bits per heavy atom. The number of amides is 1. The average Bonchev–Trinajstić information content (AvgIpc) is 3.38. The standard InChI is InChI=1S/C20H21F2N5O/c1-13-23-9-11-26(13)10-3-8-24-20(28)19-15-4-2-5-18(15)27(25-19)14-6-7-16(21)17(22)12-14/h6-7,9,11-12H,2-5,8,10H2,1H3,(H,24,28). The highest BCUT2D eigenvalue weighted by molar-refractivity contribution is 5.94. The molecule has 1 aromatic carbocycles. The van der Waals surface area contributed by atoms with Crippen molar-refractivity contribution in [2.75, 3.05) is 6.54 Å². The van der Waals surface area contributed by atoms with Gasteiger partial charge in [0.2, 0.25) is 0 Å². The number of hydrogen-bond donors (Lipinski definition) is 1. The molecule has 28 heavy (non-hydrogen) atoms. The molecule has 0 saturated heterocycles. The number of halogens is 2. The summed E-state index contributed by atoms with van der Waals surface area (Å²) in [7, 11) is 0. The van der Waals surface area contributed by atoms with Gasteiger partial charge in [0.25, 0.3) is 5.91 Å². The van der Waals surface area contributed by atoms with E-state index in [1.807, 2.05) is 17.7 Å². The minimum Gasteiger partial charge on any atom is -0.351 e. The second-order valence-corrected chi connectivity index (χ2v) is 6.91. The van der Waals surface area contributed by atoms with E-state index in [1.54, 1.807) is 10.9 Å². The van der Waals surface area contributed by atoms with Crippen LogP contribution in [0.15, 0.2) is 30.6 Å². The van der Waals surface area contributed by atoms with E-state index in [9.17, 15) is 13.6 Å². The third-order valence-corrected chi connectivity index (χ3v) is 5.08. The Morgan fingerprint density at radius 1 is 1.25 bits per heavy atom. The maximum atomic E-state index is 13.6. The second-order valence-electron chi connectivity index (χ2n) is 6.91. The van der Waals surface area contributed by atoms with Crippen molar-refractivity contribution in [2.45, 2.75) is 39.2 Å². The number of nitrogens with one attached hydrogen (secondary N) is 1. The van der Waals surface area contributed by atoms with E-state index in [0.717, 1.165) is 61.4 Å². The molecule has 1 aliphatic rings. The fraction of sp³-hybridized carbons (Fsp3) is 0.350. The molecule has 8 heteroatoms. The van der Waals surface area contributed by atoms with E-state index in [0.29, 0.717) is 17.9 Å². The van der Waals surface area contributed by atoms with E-state index in [4.69, 9.17) is 0 Å². The monoisotopic (exact) mass is 385 g/mol. The van der Waals surface area contributed by atoms with Gasteiger partial charge in [0.15, 0.2) is 17.3 Å². The molecule has 2 aromatic heterocycles. The van der Waals surface area contributed by atoms with Crippen molar-refractivity contribution in [1.29, 1.82) is 0 Å². The van der Waals surface area contributed by atoms with Crippen LogP contribution in [0.5, 0.6) is 0 Å². The Kier molecular flexibility index (Phi) is 4.93. The maximum absolute atomic E-state index is 13.6. The Bertz CT molecular complexity index is 1020. The minimum absolute atomic E-state index is 0.234. The topological polar surface area (TPSA) is 64.7 Å². The summed E-state index contributed by atoms with van der Waals surface area (Å²) < 4.78 is 30.5. The van der Waals surface area contributed by atoms with Gasteiger partial charge in [-0.3, -0.25) is 4.79 Å². The fourth-order valence-corrected chi connectivity index (χ4v) is 3.63. The number of carbonyl (C=O) groups is 1. The van der Waals surface area contributed by atoms with Crippen molar-refractivity contribution in [1.82, 2.24) is 24.6 Å². The first-order valence-corrected chi connectivity index (χ1v) is 9.36. The van der Waals surface area contributed by atoms with Gasteiger partial charge in [0.1, 0.15) is 5.82 Å². The van der Waals surface area contributed by atoms with Gasteiger partial charge in [-0.1, -0.05) is 0 Å². The lowest BCUT2D eigenvalue weighted by atomic mass is 10.2. The van der Waals surface area contributed by atoms with E-state index >= 15 is 0 Å². The molecule has 1 N–H and O–H groups in total. The molecule has 0 atom stereocenters. The molecule has 0 saturated carbocycles. The summed E-state index contributed by atoms with van der Waals surface area (Å²) >= 11 is 0. The van der Waals surface area contributed by atoms with Crippen LogP contribution in [0.2, 0.25) is 0 Å². The summed E-state index contributed by atoms with van der Waals surface area (Å²) in [5.41, 5.74) is 2.58. The SMILES string of the molecule is Cc1nccn1CCCNC(=O)c1nn(-c2ccc(F)c(F)c2)c2c1CCC2. The number of nitrogens with zero attached hydrogens (tertiary/aromatic N) is 4. The smallest absolute Gasteiger partial charge is 0.272 e. The Balaban J connectivity index is 1.48. The summed E-state index contributed by atoms with van der Waals surface area (Å²) in [6, 6.07) is 3.65. The number of aryl methyl sites for hydroxylation is 2. The zero-order valence-electron chi connectivity index (χ0n) is 15.6. The van der Waals surface area contributed by atoms with E-state index in [-0.39, 0.29) is 5.91 Å². The molecule has 0 aliphatic heterocycles. The third-order valence-electron chi connectivity index (χ3n) is 5.08. The van der Waals surface area contributed by atoms with Crippen molar-refractivity contribution in [3.63, 3.8) is 0 Å². The normalized spacial score (nSPS) is 13.0. The molecule has 146 valence electrons. The molecule has 4 rings (SSSR count). The largest absolute Gasteiger partial charge is 0.351 e. The molecule has 2 heterocycles. The molecule has 0 unspecified atom stereocenters. The molecule has 0 spiro atoms. The predicted octanol–water partition coefficient (Wildman–Crippen LogP) is 2.96. The molecule has 3 aromatic rings. The quantitative estimate of drug-likeness (QED) is 0.664. The zero-order chi connectivity index (χ0) is 19.7. The highest BCUT2D eigenvalue weighted by Crippen LogP contribution is 2.28. The number of hydrogen-bond acceptors (Lipinski definition) is 3. The predicted molar refractivity (Wildman–Crippen MR) is 99.4 cm³/mol. The fourth-order valence-electron chi connectivity index (χ4n) is 3.63. The molecular weight excluding hydrogens is 364 g/mol. The van der Waals surface area contributed by atoms with Crippen molar-refractivity contribution in [3.8, 4) is 5.69 Å². The molecule has 0 radical (unpaired) electrons. The zero-order valence-corrected chi connectivity index (χ0v) is 15.6. The first-order chi connectivity index (χ1) is 13.5. The Hall–Kier alpha value is -3.03. The lowest BCUT2D eigenvalue weighted by molar-refractivity contribution is 0.0946. The average molecular weight is 385 g/mol. The molecule has 6 nitrogen and oxygen atoms in total. The van der Waals surface area contributed by atoms with Crippen molar-refractivity contribution in [3.05, 3.63) is 65.0 Å². The molecule has 0 bridgehead atoms. The van der Waals surface area contributed by atoms with Crippen LogP contribution in [0, 0.1) is 18.6 Å². The number of benzene rings is 1. The number of fused-ring (bicyclic) bond motifs is 1. The van der Waals surface area contributed by atoms with Gasteiger partial charge in [-0.25, -0.2) is 18.4 Å². The number of rotatable bonds is 6. The van der Waals surface area contributed by atoms with Crippen LogP contribution in [-0.4, -0.2) is 31.8 Å². The van der Waals surface area contributed by atoms with Gasteiger partial charge in [-0.05, 0) is 44.7 Å². The Labute approximate surface area is 161 Å². The first kappa shape index (κ1) is 18.3. The molecule has 1 aliphatic carbocycles. The van der Waals surface area contributed by atoms with Crippen molar-refractivity contribution >= 4 is 5.91 Å². The lowest BCUT2D eigenvalue weighted by Crippen LogP contribution is -2.26. The number of carbonyl (C=O) groups excluding carboxylic acids is 1. The highest BCUT2D eigenvalue weighted by Gasteiger charge is 2.27. The van der Waals surface area contributed by atoms with Crippen LogP contribution in [0.3, 0.4) is 0 Å². The number of aromatic nitrogens is 4. The summed E-state index contributed by atoms with van der Waals surface area (Å²) in [6.07, 6.45) is 6.87. The van der Waals surface area contributed by atoms with E-state index in [1.165, 1.54) is 6.07 Å². The minimum atomic E-state index is -0.930. The summed E-state index contributed by atoms with van der Waals surface area (Å²) in [4.78, 5) is 16.8. The van der Waals surface area contributed by atoms with Gasteiger partial charge in [-0.15, -0.1) is 0 Å². The van der Waals surface area contributed by atoms with Gasteiger partial charge in [0.05, 0.1) is 5.69 Å². The maximum Gasteiger partial charge on any atom is 0.272 e. The van der Waals surface area contributed by atoms with Crippen LogP contribution in [0.25, 0.3) is 5.69 Å². The van der Waals surface area contributed by atoms with Gasteiger partial charge < -0.3 is 9.88 Å². The number of imidazole rings is 1.